The van der Waals surface area contributed by atoms with Crippen LogP contribution in [-0.4, -0.2) is 30.3 Å². The molecule has 0 saturated heterocycles. The SMILES string of the molecule is Cc1cccc(NC(=O)CN(C)C(=O)c2oc3c(Cl)cccc3c2C)c1C. The Kier molecular flexibility index (Phi) is 5.24. The van der Waals surface area contributed by atoms with Gasteiger partial charge in [0.15, 0.2) is 11.3 Å². The number of nitrogens with zero attached hydrogens (tertiary/aromatic N) is 1. The minimum atomic E-state index is -0.365. The van der Waals surface area contributed by atoms with Crippen molar-refractivity contribution in [2.24, 2.45) is 0 Å². The van der Waals surface area contributed by atoms with E-state index in [-0.39, 0.29) is 24.1 Å². The molecule has 0 aliphatic carbocycles. The summed E-state index contributed by atoms with van der Waals surface area (Å²) in [5.74, 6) is -0.442. The van der Waals surface area contributed by atoms with Crippen LogP contribution in [0.15, 0.2) is 40.8 Å². The van der Waals surface area contributed by atoms with Gasteiger partial charge in [0.1, 0.15) is 0 Å². The monoisotopic (exact) mass is 384 g/mol. The number of hydrogen-bond acceptors (Lipinski definition) is 3. The first-order chi connectivity index (χ1) is 12.8. The van der Waals surface area contributed by atoms with E-state index in [1.807, 2.05) is 44.2 Å². The molecule has 0 unspecified atom stereocenters. The second kappa shape index (κ2) is 7.45. The molecule has 0 fully saturated rings. The number of furan rings is 1. The number of carbonyl (C=O) groups is 2. The third-order valence-corrected chi connectivity index (χ3v) is 5.01. The van der Waals surface area contributed by atoms with Gasteiger partial charge in [-0.2, -0.15) is 0 Å². The van der Waals surface area contributed by atoms with Gasteiger partial charge in [-0.05, 0) is 44.0 Å². The Hall–Kier alpha value is -2.79. The molecule has 1 aromatic heterocycles. The summed E-state index contributed by atoms with van der Waals surface area (Å²) >= 11 is 6.15. The maximum absolute atomic E-state index is 12.8. The molecule has 3 rings (SSSR count). The fraction of sp³-hybridized carbons (Fsp3) is 0.238. The molecule has 1 heterocycles. The van der Waals surface area contributed by atoms with Crippen molar-refractivity contribution in [2.75, 3.05) is 18.9 Å². The molecule has 27 heavy (non-hydrogen) atoms. The van der Waals surface area contributed by atoms with Gasteiger partial charge in [0.05, 0.1) is 11.6 Å². The lowest BCUT2D eigenvalue weighted by Crippen LogP contribution is -2.35. The molecule has 6 heteroatoms. The fourth-order valence-electron chi connectivity index (χ4n) is 2.95. The highest BCUT2D eigenvalue weighted by atomic mass is 35.5. The molecule has 0 bridgehead atoms. The number of anilines is 1. The molecule has 2 amide bonds. The van der Waals surface area contributed by atoms with Crippen LogP contribution in [-0.2, 0) is 4.79 Å². The van der Waals surface area contributed by atoms with Crippen molar-refractivity contribution in [3.63, 3.8) is 0 Å². The number of halogens is 1. The van der Waals surface area contributed by atoms with Crippen LogP contribution in [0.5, 0.6) is 0 Å². The smallest absolute Gasteiger partial charge is 0.290 e. The number of aryl methyl sites for hydroxylation is 2. The van der Waals surface area contributed by atoms with Crippen molar-refractivity contribution in [3.05, 3.63) is 63.9 Å². The van der Waals surface area contributed by atoms with Crippen LogP contribution >= 0.6 is 11.6 Å². The van der Waals surface area contributed by atoms with E-state index >= 15 is 0 Å². The Morgan fingerprint density at radius 1 is 1.07 bits per heavy atom. The van der Waals surface area contributed by atoms with Crippen LogP contribution in [0.2, 0.25) is 5.02 Å². The number of benzene rings is 2. The molecule has 0 saturated carbocycles. The molecule has 2 aromatic carbocycles. The van der Waals surface area contributed by atoms with Crippen molar-refractivity contribution in [2.45, 2.75) is 20.8 Å². The summed E-state index contributed by atoms with van der Waals surface area (Å²) in [6, 6.07) is 11.1. The van der Waals surface area contributed by atoms with Gasteiger partial charge in [0, 0.05) is 23.7 Å². The number of nitrogens with one attached hydrogen (secondary N) is 1. The minimum absolute atomic E-state index is 0.0869. The zero-order valence-corrected chi connectivity index (χ0v) is 16.5. The third-order valence-electron chi connectivity index (χ3n) is 4.72. The maximum atomic E-state index is 12.8. The number of rotatable bonds is 4. The van der Waals surface area contributed by atoms with E-state index in [2.05, 4.69) is 5.32 Å². The molecule has 0 aliphatic heterocycles. The van der Waals surface area contributed by atoms with Gasteiger partial charge in [-0.3, -0.25) is 9.59 Å². The molecule has 0 atom stereocenters. The average molecular weight is 385 g/mol. The van der Waals surface area contributed by atoms with Crippen molar-refractivity contribution >= 4 is 40.1 Å². The summed E-state index contributed by atoms with van der Waals surface area (Å²) in [6.07, 6.45) is 0. The first kappa shape index (κ1) is 19.0. The van der Waals surface area contributed by atoms with Crippen LogP contribution in [0.4, 0.5) is 5.69 Å². The van der Waals surface area contributed by atoms with Crippen LogP contribution in [0.1, 0.15) is 27.2 Å². The van der Waals surface area contributed by atoms with Crippen LogP contribution in [0, 0.1) is 20.8 Å². The molecular weight excluding hydrogens is 364 g/mol. The van der Waals surface area contributed by atoms with Gasteiger partial charge in [0.2, 0.25) is 5.91 Å². The number of likely N-dealkylation sites (N-methyl/N-ethyl adjacent to an activating group) is 1. The number of hydrogen-bond donors (Lipinski definition) is 1. The normalized spacial score (nSPS) is 10.9. The Bertz CT molecular complexity index is 1040. The topological polar surface area (TPSA) is 62.6 Å². The highest BCUT2D eigenvalue weighted by Gasteiger charge is 2.23. The lowest BCUT2D eigenvalue weighted by Gasteiger charge is -2.17. The van der Waals surface area contributed by atoms with Crippen molar-refractivity contribution < 1.29 is 14.0 Å². The Labute approximate surface area is 162 Å². The van der Waals surface area contributed by atoms with E-state index in [0.717, 1.165) is 22.2 Å². The van der Waals surface area contributed by atoms with Crippen molar-refractivity contribution in [3.8, 4) is 0 Å². The summed E-state index contributed by atoms with van der Waals surface area (Å²) in [5, 5.41) is 4.09. The second-order valence-electron chi connectivity index (χ2n) is 6.63. The molecule has 0 radical (unpaired) electrons. The van der Waals surface area contributed by atoms with Gasteiger partial charge < -0.3 is 14.6 Å². The number of para-hydroxylation sites is 1. The number of carbonyl (C=O) groups excluding carboxylic acids is 2. The quantitative estimate of drug-likeness (QED) is 0.707. The zero-order chi connectivity index (χ0) is 19.7. The molecule has 5 nitrogen and oxygen atoms in total. The second-order valence-corrected chi connectivity index (χ2v) is 7.04. The van der Waals surface area contributed by atoms with E-state index in [4.69, 9.17) is 16.0 Å². The summed E-state index contributed by atoms with van der Waals surface area (Å²) in [7, 11) is 1.57. The first-order valence-electron chi connectivity index (χ1n) is 8.58. The largest absolute Gasteiger partial charge is 0.449 e. The van der Waals surface area contributed by atoms with E-state index in [1.165, 1.54) is 4.90 Å². The van der Waals surface area contributed by atoms with Gasteiger partial charge in [-0.1, -0.05) is 35.9 Å². The van der Waals surface area contributed by atoms with E-state index in [9.17, 15) is 9.59 Å². The van der Waals surface area contributed by atoms with E-state index in [0.29, 0.717) is 16.2 Å². The first-order valence-corrected chi connectivity index (χ1v) is 8.96. The maximum Gasteiger partial charge on any atom is 0.290 e. The lowest BCUT2D eigenvalue weighted by molar-refractivity contribution is -0.116. The van der Waals surface area contributed by atoms with E-state index in [1.54, 1.807) is 20.0 Å². The van der Waals surface area contributed by atoms with Gasteiger partial charge in [-0.25, -0.2) is 0 Å². The molecule has 140 valence electrons. The van der Waals surface area contributed by atoms with Crippen molar-refractivity contribution in [1.82, 2.24) is 4.90 Å². The van der Waals surface area contributed by atoms with Crippen LogP contribution < -0.4 is 5.32 Å². The predicted molar refractivity (Wildman–Crippen MR) is 107 cm³/mol. The highest BCUT2D eigenvalue weighted by molar-refractivity contribution is 6.35. The molecular formula is C21H21ClN2O3. The summed E-state index contributed by atoms with van der Waals surface area (Å²) < 4.78 is 5.69. The van der Waals surface area contributed by atoms with E-state index < -0.39 is 0 Å². The van der Waals surface area contributed by atoms with Crippen molar-refractivity contribution in [1.29, 1.82) is 0 Å². The Balaban J connectivity index is 1.76. The van der Waals surface area contributed by atoms with Gasteiger partial charge >= 0.3 is 0 Å². The van der Waals surface area contributed by atoms with Crippen LogP contribution in [0.3, 0.4) is 0 Å². The molecule has 3 aromatic rings. The fourth-order valence-corrected chi connectivity index (χ4v) is 3.16. The Morgan fingerprint density at radius 3 is 2.48 bits per heavy atom. The van der Waals surface area contributed by atoms with Gasteiger partial charge in [0.25, 0.3) is 5.91 Å². The molecule has 1 N–H and O–H groups in total. The van der Waals surface area contributed by atoms with Crippen LogP contribution in [0.25, 0.3) is 11.0 Å². The lowest BCUT2D eigenvalue weighted by atomic mass is 10.1. The zero-order valence-electron chi connectivity index (χ0n) is 15.7. The summed E-state index contributed by atoms with van der Waals surface area (Å²) in [4.78, 5) is 26.5. The Morgan fingerprint density at radius 2 is 1.78 bits per heavy atom. The molecule has 0 aliphatic rings. The standard InChI is InChI=1S/C21H21ClN2O3/c1-12-7-5-10-17(13(12)2)23-18(25)11-24(4)21(26)19-14(3)15-8-6-9-16(22)20(15)27-19/h5-10H,11H2,1-4H3,(H,23,25). The molecule has 0 spiro atoms. The predicted octanol–water partition coefficient (Wildman–Crippen LogP) is 4.72. The number of fused-ring (bicyclic) bond motifs is 1. The third kappa shape index (κ3) is 3.69. The summed E-state index contributed by atoms with van der Waals surface area (Å²) in [6.45, 7) is 5.65. The minimum Gasteiger partial charge on any atom is -0.449 e. The highest BCUT2D eigenvalue weighted by Crippen LogP contribution is 2.31. The average Bonchev–Trinajstić information content (AvgIpc) is 2.96. The number of amides is 2. The summed E-state index contributed by atoms with van der Waals surface area (Å²) in [5.41, 5.74) is 4.02. The van der Waals surface area contributed by atoms with Gasteiger partial charge in [-0.15, -0.1) is 0 Å².